The molecule has 132 valence electrons. The molecule has 5 heteroatoms. The Morgan fingerprint density at radius 1 is 1.24 bits per heavy atom. The Kier molecular flexibility index (Phi) is 5.94. The van der Waals surface area contributed by atoms with Gasteiger partial charge in [0.05, 0.1) is 6.54 Å². The monoisotopic (exact) mass is 374 g/mol. The molecule has 1 atom stereocenters. The normalized spacial score (nSPS) is 17.4. The number of nitrogens with zero attached hydrogens (tertiary/aromatic N) is 1. The highest BCUT2D eigenvalue weighted by molar-refractivity contribution is 7.80. The molecule has 1 saturated heterocycles. The van der Waals surface area contributed by atoms with E-state index in [-0.39, 0.29) is 0 Å². The third kappa shape index (κ3) is 4.72. The quantitative estimate of drug-likeness (QED) is 0.803. The predicted molar refractivity (Wildman–Crippen MR) is 109 cm³/mol. The van der Waals surface area contributed by atoms with Crippen molar-refractivity contribution in [1.82, 2.24) is 4.90 Å². The van der Waals surface area contributed by atoms with Gasteiger partial charge in [-0.05, 0) is 43.8 Å². The van der Waals surface area contributed by atoms with Crippen LogP contribution in [-0.4, -0.2) is 29.8 Å². The van der Waals surface area contributed by atoms with E-state index >= 15 is 0 Å². The van der Waals surface area contributed by atoms with Crippen LogP contribution in [0.4, 0.5) is 5.69 Å². The summed E-state index contributed by atoms with van der Waals surface area (Å²) in [4.78, 5) is 3.76. The molecule has 1 fully saturated rings. The smallest absolute Gasteiger partial charge is 0.177 e. The van der Waals surface area contributed by atoms with Gasteiger partial charge in [-0.25, -0.2) is 0 Å². The lowest BCUT2D eigenvalue weighted by Crippen LogP contribution is -3.13. The minimum Gasteiger partial charge on any atom is -0.332 e. The zero-order chi connectivity index (χ0) is 17.8. The molecule has 1 aliphatic heterocycles. The maximum Gasteiger partial charge on any atom is 0.177 e. The lowest BCUT2D eigenvalue weighted by molar-refractivity contribution is -0.927. The van der Waals surface area contributed by atoms with Gasteiger partial charge < -0.3 is 15.1 Å². The molecule has 1 unspecified atom stereocenters. The zero-order valence-corrected chi connectivity index (χ0v) is 16.4. The predicted octanol–water partition coefficient (Wildman–Crippen LogP) is 3.40. The Bertz CT molecular complexity index is 762. The number of hydrogen-bond donors (Lipinski definition) is 2. The summed E-state index contributed by atoms with van der Waals surface area (Å²) in [6.07, 6.45) is 1.13. The van der Waals surface area contributed by atoms with Crippen molar-refractivity contribution in [3.8, 4) is 0 Å². The number of hydrogen-bond acceptors (Lipinski definition) is 1. The number of aryl methyl sites for hydroxylation is 2. The second kappa shape index (κ2) is 8.17. The SMILES string of the molecule is Cc1ccc(NC(=S)N2CCC[NH+](Cc3ccccc3Cl)C2)c(C)c1. The van der Waals surface area contributed by atoms with Gasteiger partial charge in [-0.2, -0.15) is 0 Å². The van der Waals surface area contributed by atoms with Crippen LogP contribution in [0.1, 0.15) is 23.1 Å². The van der Waals surface area contributed by atoms with E-state index in [0.29, 0.717) is 0 Å². The molecule has 0 spiro atoms. The fourth-order valence-corrected chi connectivity index (χ4v) is 3.79. The Labute approximate surface area is 160 Å². The van der Waals surface area contributed by atoms with E-state index in [9.17, 15) is 0 Å². The van der Waals surface area contributed by atoms with Crippen molar-refractivity contribution >= 4 is 34.6 Å². The standard InChI is InChI=1S/C20H24ClN3S/c1-15-8-9-19(16(2)12-15)22-20(25)24-11-5-10-23(14-24)13-17-6-3-4-7-18(17)21/h3-4,6-9,12H,5,10-11,13-14H2,1-2H3,(H,22,25)/p+1. The molecule has 0 bridgehead atoms. The molecule has 0 aromatic heterocycles. The summed E-state index contributed by atoms with van der Waals surface area (Å²) in [5.74, 6) is 0. The summed E-state index contributed by atoms with van der Waals surface area (Å²) in [5, 5.41) is 5.08. The molecule has 1 heterocycles. The minimum atomic E-state index is 0.809. The molecule has 0 radical (unpaired) electrons. The summed E-state index contributed by atoms with van der Waals surface area (Å²) in [5.41, 5.74) is 4.78. The molecule has 0 amide bonds. The Balaban J connectivity index is 1.62. The highest BCUT2D eigenvalue weighted by Gasteiger charge is 2.23. The van der Waals surface area contributed by atoms with Crippen LogP contribution in [0.3, 0.4) is 0 Å². The van der Waals surface area contributed by atoms with Crippen LogP contribution >= 0.6 is 23.8 Å². The lowest BCUT2D eigenvalue weighted by Gasteiger charge is -2.34. The first-order chi connectivity index (χ1) is 12.0. The topological polar surface area (TPSA) is 19.7 Å². The Hall–Kier alpha value is -1.62. The van der Waals surface area contributed by atoms with Crippen LogP contribution in [0, 0.1) is 13.8 Å². The zero-order valence-electron chi connectivity index (χ0n) is 14.8. The molecule has 3 rings (SSSR count). The van der Waals surface area contributed by atoms with Crippen LogP contribution in [0.5, 0.6) is 0 Å². The maximum atomic E-state index is 6.31. The first kappa shape index (κ1) is 18.2. The van der Waals surface area contributed by atoms with Crippen molar-refractivity contribution in [2.24, 2.45) is 0 Å². The van der Waals surface area contributed by atoms with Gasteiger partial charge in [-0.3, -0.25) is 0 Å². The molecule has 2 N–H and O–H groups in total. The minimum absolute atomic E-state index is 0.809. The van der Waals surface area contributed by atoms with Gasteiger partial charge in [0.15, 0.2) is 11.8 Å². The molecule has 0 aliphatic carbocycles. The third-order valence-electron chi connectivity index (χ3n) is 4.68. The molecule has 3 nitrogen and oxygen atoms in total. The van der Waals surface area contributed by atoms with Gasteiger partial charge in [0.2, 0.25) is 0 Å². The number of thiocarbonyl (C=S) groups is 1. The number of anilines is 1. The highest BCUT2D eigenvalue weighted by atomic mass is 35.5. The fraction of sp³-hybridized carbons (Fsp3) is 0.350. The van der Waals surface area contributed by atoms with Crippen LogP contribution in [0.25, 0.3) is 0 Å². The van der Waals surface area contributed by atoms with Gasteiger partial charge >= 0.3 is 0 Å². The average molecular weight is 375 g/mol. The average Bonchev–Trinajstić information content (AvgIpc) is 2.60. The fourth-order valence-electron chi connectivity index (χ4n) is 3.32. The first-order valence-electron chi connectivity index (χ1n) is 8.73. The Morgan fingerprint density at radius 2 is 2.04 bits per heavy atom. The lowest BCUT2D eigenvalue weighted by atomic mass is 10.1. The van der Waals surface area contributed by atoms with Crippen LogP contribution < -0.4 is 10.2 Å². The van der Waals surface area contributed by atoms with Gasteiger partial charge in [0.25, 0.3) is 0 Å². The number of quaternary nitrogens is 1. The summed E-state index contributed by atoms with van der Waals surface area (Å²) in [6.45, 7) is 8.21. The van der Waals surface area contributed by atoms with Crippen LogP contribution in [-0.2, 0) is 6.54 Å². The molecule has 0 saturated carbocycles. The first-order valence-corrected chi connectivity index (χ1v) is 9.51. The highest BCUT2D eigenvalue weighted by Crippen LogP contribution is 2.17. The number of benzene rings is 2. The number of halogens is 1. The summed E-state index contributed by atoms with van der Waals surface area (Å²) in [7, 11) is 0. The number of nitrogens with one attached hydrogen (secondary N) is 2. The van der Waals surface area contributed by atoms with Gasteiger partial charge in [-0.15, -0.1) is 0 Å². The van der Waals surface area contributed by atoms with Crippen molar-refractivity contribution in [3.63, 3.8) is 0 Å². The van der Waals surface area contributed by atoms with E-state index < -0.39 is 0 Å². The van der Waals surface area contributed by atoms with Gasteiger partial charge in [-0.1, -0.05) is 47.5 Å². The van der Waals surface area contributed by atoms with E-state index in [1.165, 1.54) is 21.6 Å². The van der Waals surface area contributed by atoms with E-state index in [1.807, 2.05) is 12.1 Å². The second-order valence-electron chi connectivity index (χ2n) is 6.79. The largest absolute Gasteiger partial charge is 0.332 e. The van der Waals surface area contributed by atoms with Gasteiger partial charge in [0, 0.05) is 29.2 Å². The molecule has 2 aromatic rings. The molecule has 2 aromatic carbocycles. The van der Waals surface area contributed by atoms with E-state index in [0.717, 1.165) is 48.5 Å². The molecular formula is C20H25ClN3S+. The number of rotatable bonds is 3. The summed E-state index contributed by atoms with van der Waals surface area (Å²) >= 11 is 12.0. The van der Waals surface area contributed by atoms with Crippen molar-refractivity contribution in [2.75, 3.05) is 25.1 Å². The van der Waals surface area contributed by atoms with Crippen molar-refractivity contribution in [2.45, 2.75) is 26.8 Å². The van der Waals surface area contributed by atoms with Crippen LogP contribution in [0.2, 0.25) is 5.02 Å². The van der Waals surface area contributed by atoms with Crippen molar-refractivity contribution < 1.29 is 4.90 Å². The van der Waals surface area contributed by atoms with Crippen molar-refractivity contribution in [3.05, 3.63) is 64.2 Å². The van der Waals surface area contributed by atoms with Gasteiger partial charge in [0.1, 0.15) is 6.54 Å². The summed E-state index contributed by atoms with van der Waals surface area (Å²) < 4.78 is 0. The second-order valence-corrected chi connectivity index (χ2v) is 7.59. The molecular weight excluding hydrogens is 350 g/mol. The van der Waals surface area contributed by atoms with E-state index in [4.69, 9.17) is 23.8 Å². The Morgan fingerprint density at radius 3 is 2.80 bits per heavy atom. The molecule has 1 aliphatic rings. The van der Waals surface area contributed by atoms with E-state index in [1.54, 1.807) is 0 Å². The van der Waals surface area contributed by atoms with E-state index in [2.05, 4.69) is 54.4 Å². The maximum absolute atomic E-state index is 6.31. The van der Waals surface area contributed by atoms with Crippen LogP contribution in [0.15, 0.2) is 42.5 Å². The third-order valence-corrected chi connectivity index (χ3v) is 5.41. The molecule has 25 heavy (non-hydrogen) atoms. The van der Waals surface area contributed by atoms with Crippen molar-refractivity contribution in [1.29, 1.82) is 0 Å². The summed E-state index contributed by atoms with van der Waals surface area (Å²) in [6, 6.07) is 14.5.